The number of piperidine rings is 1. The lowest BCUT2D eigenvalue weighted by Crippen LogP contribution is -2.49. The van der Waals surface area contributed by atoms with Gasteiger partial charge in [0.1, 0.15) is 0 Å². The van der Waals surface area contributed by atoms with Gasteiger partial charge in [-0.3, -0.25) is 0 Å². The zero-order valence-corrected chi connectivity index (χ0v) is 10.7. The van der Waals surface area contributed by atoms with Crippen LogP contribution in [0.15, 0.2) is 0 Å². The van der Waals surface area contributed by atoms with E-state index >= 15 is 0 Å². The van der Waals surface area contributed by atoms with Crippen molar-refractivity contribution < 1.29 is 0 Å². The molecule has 0 radical (unpaired) electrons. The van der Waals surface area contributed by atoms with E-state index in [1.54, 1.807) is 0 Å². The zero-order valence-electron chi connectivity index (χ0n) is 10.7. The molecule has 2 aliphatic rings. The van der Waals surface area contributed by atoms with Crippen molar-refractivity contribution in [3.8, 4) is 0 Å². The van der Waals surface area contributed by atoms with Gasteiger partial charge in [0, 0.05) is 12.6 Å². The van der Waals surface area contributed by atoms with Gasteiger partial charge in [0.2, 0.25) is 0 Å². The Balaban J connectivity index is 1.92. The van der Waals surface area contributed by atoms with Crippen LogP contribution in [-0.2, 0) is 0 Å². The summed E-state index contributed by atoms with van der Waals surface area (Å²) in [5.41, 5.74) is 0. The topological polar surface area (TPSA) is 3.24 Å². The molecule has 2 rings (SSSR count). The summed E-state index contributed by atoms with van der Waals surface area (Å²) in [7, 11) is 0. The van der Waals surface area contributed by atoms with E-state index in [4.69, 9.17) is 0 Å². The summed E-state index contributed by atoms with van der Waals surface area (Å²) in [5, 5.41) is 0. The van der Waals surface area contributed by atoms with E-state index in [0.717, 1.165) is 23.8 Å². The van der Waals surface area contributed by atoms with Crippen LogP contribution in [0.3, 0.4) is 0 Å². The molecule has 0 spiro atoms. The number of rotatable bonds is 3. The molecule has 0 aromatic heterocycles. The smallest absolute Gasteiger partial charge is 0.00953 e. The van der Waals surface area contributed by atoms with Gasteiger partial charge >= 0.3 is 0 Å². The fourth-order valence-electron chi connectivity index (χ4n) is 3.40. The number of hydrogen-bond acceptors (Lipinski definition) is 1. The minimum atomic E-state index is 0.873. The minimum Gasteiger partial charge on any atom is -0.300 e. The van der Waals surface area contributed by atoms with Gasteiger partial charge in [-0.2, -0.15) is 0 Å². The predicted octanol–water partition coefficient (Wildman–Crippen LogP) is 3.54. The van der Waals surface area contributed by atoms with E-state index in [1.165, 1.54) is 45.2 Å². The number of likely N-dealkylation sites (tertiary alicyclic amines) is 1. The summed E-state index contributed by atoms with van der Waals surface area (Å²) >= 11 is 0. The van der Waals surface area contributed by atoms with Gasteiger partial charge in [-0.25, -0.2) is 0 Å². The van der Waals surface area contributed by atoms with Gasteiger partial charge in [-0.15, -0.1) is 0 Å². The monoisotopic (exact) mass is 209 g/mol. The second kappa shape index (κ2) is 4.86. The molecule has 1 aliphatic heterocycles. The van der Waals surface area contributed by atoms with Crippen molar-refractivity contribution in [2.75, 3.05) is 13.1 Å². The molecule has 0 bridgehead atoms. The van der Waals surface area contributed by atoms with Crippen LogP contribution in [0.25, 0.3) is 0 Å². The van der Waals surface area contributed by atoms with Gasteiger partial charge in [0.25, 0.3) is 0 Å². The number of nitrogens with zero attached hydrogens (tertiary/aromatic N) is 1. The van der Waals surface area contributed by atoms with Crippen molar-refractivity contribution in [1.29, 1.82) is 0 Å². The van der Waals surface area contributed by atoms with Gasteiger partial charge in [0.05, 0.1) is 0 Å². The van der Waals surface area contributed by atoms with E-state index in [-0.39, 0.29) is 0 Å². The quantitative estimate of drug-likeness (QED) is 0.687. The van der Waals surface area contributed by atoms with Crippen LogP contribution in [0.5, 0.6) is 0 Å². The van der Waals surface area contributed by atoms with Crippen molar-refractivity contribution >= 4 is 0 Å². The Morgan fingerprint density at radius 2 is 1.93 bits per heavy atom. The Kier molecular flexibility index (Phi) is 3.71. The maximum Gasteiger partial charge on any atom is 0.00953 e. The van der Waals surface area contributed by atoms with Crippen molar-refractivity contribution in [3.05, 3.63) is 0 Å². The van der Waals surface area contributed by atoms with Crippen molar-refractivity contribution in [3.63, 3.8) is 0 Å². The van der Waals surface area contributed by atoms with Crippen molar-refractivity contribution in [2.45, 2.75) is 58.9 Å². The van der Waals surface area contributed by atoms with Crippen molar-refractivity contribution in [1.82, 2.24) is 4.90 Å². The summed E-state index contributed by atoms with van der Waals surface area (Å²) in [6, 6.07) is 0.962. The maximum absolute atomic E-state index is 2.79. The fourth-order valence-corrected chi connectivity index (χ4v) is 3.40. The molecular weight excluding hydrogens is 182 g/mol. The molecule has 15 heavy (non-hydrogen) atoms. The maximum atomic E-state index is 2.79. The minimum absolute atomic E-state index is 0.873. The molecule has 2 fully saturated rings. The molecule has 1 nitrogen and oxygen atoms in total. The molecule has 1 heteroatoms. The van der Waals surface area contributed by atoms with E-state index in [2.05, 4.69) is 25.7 Å². The average Bonchev–Trinajstić information content (AvgIpc) is 2.15. The Bertz CT molecular complexity index is 196. The Hall–Kier alpha value is -0.0400. The molecular formula is C14H27N. The molecule has 0 unspecified atom stereocenters. The molecule has 88 valence electrons. The molecule has 1 heterocycles. The van der Waals surface area contributed by atoms with Crippen LogP contribution >= 0.6 is 0 Å². The predicted molar refractivity (Wildman–Crippen MR) is 65.9 cm³/mol. The first-order valence-corrected chi connectivity index (χ1v) is 6.96. The first-order chi connectivity index (χ1) is 7.22. The highest BCUT2D eigenvalue weighted by atomic mass is 15.2. The normalized spacial score (nSPS) is 34.4. The van der Waals surface area contributed by atoms with Crippen LogP contribution in [0.1, 0.15) is 52.9 Å². The lowest BCUT2D eigenvalue weighted by atomic mass is 9.76. The molecule has 0 aromatic rings. The Labute approximate surface area is 95.2 Å². The third kappa shape index (κ3) is 2.38. The second-order valence-electron chi connectivity index (χ2n) is 5.94. The molecule has 1 aliphatic carbocycles. The van der Waals surface area contributed by atoms with Gasteiger partial charge in [0.15, 0.2) is 0 Å². The van der Waals surface area contributed by atoms with Crippen LogP contribution in [0.2, 0.25) is 0 Å². The van der Waals surface area contributed by atoms with Gasteiger partial charge in [-0.05, 0) is 43.6 Å². The Morgan fingerprint density at radius 1 is 1.20 bits per heavy atom. The molecule has 0 N–H and O–H groups in total. The van der Waals surface area contributed by atoms with Crippen LogP contribution in [0.4, 0.5) is 0 Å². The third-order valence-electron chi connectivity index (χ3n) is 4.81. The zero-order chi connectivity index (χ0) is 10.8. The largest absolute Gasteiger partial charge is 0.300 e. The van der Waals surface area contributed by atoms with E-state index in [1.807, 2.05) is 0 Å². The molecule has 2 atom stereocenters. The summed E-state index contributed by atoms with van der Waals surface area (Å²) in [6.45, 7) is 9.97. The summed E-state index contributed by atoms with van der Waals surface area (Å²) in [4.78, 5) is 2.79. The Morgan fingerprint density at radius 3 is 2.40 bits per heavy atom. The SMILES string of the molecule is CC[C@H]1CCN(C2CCC2)C[C@H]1C(C)C. The lowest BCUT2D eigenvalue weighted by Gasteiger charge is -2.46. The van der Waals surface area contributed by atoms with Crippen molar-refractivity contribution in [2.24, 2.45) is 17.8 Å². The van der Waals surface area contributed by atoms with Gasteiger partial charge < -0.3 is 4.90 Å². The highest BCUT2D eigenvalue weighted by Crippen LogP contribution is 2.35. The molecule has 0 aromatic carbocycles. The molecule has 1 saturated carbocycles. The van der Waals surface area contributed by atoms with Crippen LogP contribution in [0, 0.1) is 17.8 Å². The molecule has 0 amide bonds. The number of hydrogen-bond donors (Lipinski definition) is 0. The summed E-state index contributed by atoms with van der Waals surface area (Å²) < 4.78 is 0. The lowest BCUT2D eigenvalue weighted by molar-refractivity contribution is 0.0288. The fraction of sp³-hybridized carbons (Fsp3) is 1.00. The van der Waals surface area contributed by atoms with E-state index in [9.17, 15) is 0 Å². The summed E-state index contributed by atoms with van der Waals surface area (Å²) in [6.07, 6.45) is 7.27. The van der Waals surface area contributed by atoms with Crippen LogP contribution in [-0.4, -0.2) is 24.0 Å². The average molecular weight is 209 g/mol. The van der Waals surface area contributed by atoms with Crippen LogP contribution < -0.4 is 0 Å². The highest BCUT2D eigenvalue weighted by molar-refractivity contribution is 4.88. The van der Waals surface area contributed by atoms with E-state index < -0.39 is 0 Å². The second-order valence-corrected chi connectivity index (χ2v) is 5.94. The van der Waals surface area contributed by atoms with Gasteiger partial charge in [-0.1, -0.05) is 33.6 Å². The molecule has 1 saturated heterocycles. The first-order valence-electron chi connectivity index (χ1n) is 6.96. The first kappa shape index (κ1) is 11.4. The third-order valence-corrected chi connectivity index (χ3v) is 4.81. The standard InChI is InChI=1S/C14H27N/c1-4-12-8-9-15(13-6-5-7-13)10-14(12)11(2)3/h11-14H,4-10H2,1-3H3/t12-,14-/m0/s1. The highest BCUT2D eigenvalue weighted by Gasteiger charge is 2.34. The summed E-state index contributed by atoms with van der Waals surface area (Å²) in [5.74, 6) is 2.84. The van der Waals surface area contributed by atoms with E-state index in [0.29, 0.717) is 0 Å².